The molecule has 0 saturated carbocycles. The van der Waals surface area contributed by atoms with Gasteiger partial charge in [-0.2, -0.15) is 4.31 Å². The molecule has 0 spiro atoms. The van der Waals surface area contributed by atoms with Crippen LogP contribution < -0.4 is 9.47 Å². The highest BCUT2D eigenvalue weighted by Gasteiger charge is 2.36. The molecule has 2 aliphatic heterocycles. The molecule has 170 valence electrons. The number of ether oxygens (including phenoxy) is 2. The zero-order valence-corrected chi connectivity index (χ0v) is 18.6. The predicted molar refractivity (Wildman–Crippen MR) is 115 cm³/mol. The first-order valence-electron chi connectivity index (χ1n) is 9.77. The molecule has 1 amide bonds. The van der Waals surface area contributed by atoms with Gasteiger partial charge in [-0.25, -0.2) is 8.42 Å². The van der Waals surface area contributed by atoms with Gasteiger partial charge in [-0.3, -0.25) is 14.9 Å². The second-order valence-corrected chi connectivity index (χ2v) is 9.76. The van der Waals surface area contributed by atoms with E-state index in [2.05, 4.69) is 0 Å². The van der Waals surface area contributed by atoms with Crippen molar-refractivity contribution in [1.82, 2.24) is 9.21 Å². The van der Waals surface area contributed by atoms with Crippen LogP contribution in [0.25, 0.3) is 0 Å². The van der Waals surface area contributed by atoms with Gasteiger partial charge in [-0.05, 0) is 35.9 Å². The standard InChI is InChI=1S/C20H20ClN3O7S/c1-30-18-5-3-15(12-16(18)24(26)27)32(28,29)23-8-6-22(7-9-23)20(25)19-11-13-10-14(21)2-4-17(13)31-19/h2-5,10,12,19H,6-9,11H2,1H3. The number of carbonyl (C=O) groups is 1. The van der Waals surface area contributed by atoms with Crippen molar-refractivity contribution in [1.29, 1.82) is 0 Å². The van der Waals surface area contributed by atoms with Crippen LogP contribution >= 0.6 is 11.6 Å². The summed E-state index contributed by atoms with van der Waals surface area (Å²) in [5.74, 6) is 0.382. The second-order valence-electron chi connectivity index (χ2n) is 7.38. The van der Waals surface area contributed by atoms with E-state index in [9.17, 15) is 23.3 Å². The van der Waals surface area contributed by atoms with Crippen LogP contribution in [0.4, 0.5) is 5.69 Å². The van der Waals surface area contributed by atoms with Crippen LogP contribution in [0.5, 0.6) is 11.5 Å². The van der Waals surface area contributed by atoms with Crippen LogP contribution in [0.15, 0.2) is 41.3 Å². The molecule has 12 heteroatoms. The lowest BCUT2D eigenvalue weighted by atomic mass is 10.1. The Morgan fingerprint density at radius 1 is 1.19 bits per heavy atom. The van der Waals surface area contributed by atoms with E-state index < -0.39 is 26.7 Å². The van der Waals surface area contributed by atoms with Crippen LogP contribution in [-0.4, -0.2) is 67.8 Å². The van der Waals surface area contributed by atoms with E-state index in [0.717, 1.165) is 11.6 Å². The van der Waals surface area contributed by atoms with E-state index in [1.807, 2.05) is 0 Å². The monoisotopic (exact) mass is 481 g/mol. The summed E-state index contributed by atoms with van der Waals surface area (Å²) >= 11 is 5.99. The van der Waals surface area contributed by atoms with Crippen LogP contribution in [0.2, 0.25) is 5.02 Å². The maximum atomic E-state index is 13.0. The molecule has 0 aromatic heterocycles. The lowest BCUT2D eigenvalue weighted by molar-refractivity contribution is -0.386. The summed E-state index contributed by atoms with van der Waals surface area (Å²) in [6.07, 6.45) is -0.265. The van der Waals surface area contributed by atoms with E-state index >= 15 is 0 Å². The third kappa shape index (κ3) is 4.10. The van der Waals surface area contributed by atoms with Gasteiger partial charge >= 0.3 is 5.69 Å². The fourth-order valence-corrected chi connectivity index (χ4v) is 5.47. The van der Waals surface area contributed by atoms with Crippen molar-refractivity contribution in [3.05, 3.63) is 57.1 Å². The topological polar surface area (TPSA) is 119 Å². The first-order valence-corrected chi connectivity index (χ1v) is 11.6. The molecular weight excluding hydrogens is 462 g/mol. The molecule has 10 nitrogen and oxygen atoms in total. The van der Waals surface area contributed by atoms with Gasteiger partial charge < -0.3 is 14.4 Å². The summed E-state index contributed by atoms with van der Waals surface area (Å²) in [6.45, 7) is 0.513. The van der Waals surface area contributed by atoms with Crippen molar-refractivity contribution < 1.29 is 27.6 Å². The first-order chi connectivity index (χ1) is 15.2. The molecular formula is C20H20ClN3O7S. The summed E-state index contributed by atoms with van der Waals surface area (Å²) in [6, 6.07) is 8.70. The van der Waals surface area contributed by atoms with Crippen LogP contribution in [0, 0.1) is 10.1 Å². The van der Waals surface area contributed by atoms with Crippen LogP contribution in [0.1, 0.15) is 5.56 Å². The number of hydrogen-bond donors (Lipinski definition) is 0. The first kappa shape index (κ1) is 22.3. The molecule has 1 atom stereocenters. The number of sulfonamides is 1. The molecule has 4 rings (SSSR count). The molecule has 2 aliphatic rings. The molecule has 0 aliphatic carbocycles. The normalized spacial score (nSPS) is 18.7. The van der Waals surface area contributed by atoms with Gasteiger partial charge in [0.15, 0.2) is 11.9 Å². The largest absolute Gasteiger partial charge is 0.490 e. The highest BCUT2D eigenvalue weighted by atomic mass is 35.5. The van der Waals surface area contributed by atoms with E-state index in [1.165, 1.54) is 23.5 Å². The van der Waals surface area contributed by atoms with Crippen LogP contribution in [-0.2, 0) is 21.2 Å². The number of nitro benzene ring substituents is 1. The number of halogens is 1. The van der Waals surface area contributed by atoms with Gasteiger partial charge in [-0.15, -0.1) is 0 Å². The second kappa shape index (κ2) is 8.57. The minimum Gasteiger partial charge on any atom is -0.490 e. The van der Waals surface area contributed by atoms with Crippen molar-refractivity contribution in [2.45, 2.75) is 17.4 Å². The fraction of sp³-hybridized carbons (Fsp3) is 0.350. The minimum absolute atomic E-state index is 0.0248. The number of nitrogens with zero attached hydrogens (tertiary/aromatic N) is 3. The number of nitro groups is 1. The van der Waals surface area contributed by atoms with Crippen LogP contribution in [0.3, 0.4) is 0 Å². The average Bonchev–Trinajstić information content (AvgIpc) is 3.21. The number of rotatable bonds is 5. The molecule has 32 heavy (non-hydrogen) atoms. The van der Waals surface area contributed by atoms with Gasteiger partial charge in [0.1, 0.15) is 5.75 Å². The van der Waals surface area contributed by atoms with Gasteiger partial charge in [-0.1, -0.05) is 11.6 Å². The zero-order chi connectivity index (χ0) is 23.0. The molecule has 2 heterocycles. The zero-order valence-electron chi connectivity index (χ0n) is 17.1. The molecule has 2 aromatic carbocycles. The third-order valence-electron chi connectivity index (χ3n) is 5.51. The summed E-state index contributed by atoms with van der Waals surface area (Å²) in [5.41, 5.74) is 0.429. The number of carbonyl (C=O) groups excluding carboxylic acids is 1. The third-order valence-corrected chi connectivity index (χ3v) is 7.64. The summed E-state index contributed by atoms with van der Waals surface area (Å²) in [7, 11) is -2.70. The molecule has 2 aromatic rings. The quantitative estimate of drug-likeness (QED) is 0.473. The van der Waals surface area contributed by atoms with Gasteiger partial charge in [0.2, 0.25) is 10.0 Å². The number of piperazine rings is 1. The molecule has 0 radical (unpaired) electrons. The Morgan fingerprint density at radius 2 is 1.91 bits per heavy atom. The fourth-order valence-electron chi connectivity index (χ4n) is 3.83. The Balaban J connectivity index is 1.43. The Kier molecular flexibility index (Phi) is 5.97. The predicted octanol–water partition coefficient (Wildman–Crippen LogP) is 2.09. The molecule has 1 saturated heterocycles. The van der Waals surface area contributed by atoms with Crippen molar-refractivity contribution in [3.8, 4) is 11.5 Å². The number of fused-ring (bicyclic) bond motifs is 1. The smallest absolute Gasteiger partial charge is 0.312 e. The van der Waals surface area contributed by atoms with Gasteiger partial charge in [0.25, 0.3) is 5.91 Å². The number of amides is 1. The van der Waals surface area contributed by atoms with E-state index in [1.54, 1.807) is 23.1 Å². The highest BCUT2D eigenvalue weighted by Crippen LogP contribution is 2.33. The Bertz CT molecular complexity index is 1180. The minimum atomic E-state index is -3.97. The van der Waals surface area contributed by atoms with Gasteiger partial charge in [0, 0.05) is 43.7 Å². The number of methoxy groups -OCH3 is 1. The average molecular weight is 482 g/mol. The van der Waals surface area contributed by atoms with E-state index in [0.29, 0.717) is 17.2 Å². The Morgan fingerprint density at radius 3 is 2.56 bits per heavy atom. The summed E-state index contributed by atoms with van der Waals surface area (Å²) in [4.78, 5) is 24.8. The number of benzene rings is 2. The Hall–Kier alpha value is -2.89. The molecule has 1 unspecified atom stereocenters. The van der Waals surface area contributed by atoms with Crippen molar-refractivity contribution in [2.24, 2.45) is 0 Å². The lowest BCUT2D eigenvalue weighted by Gasteiger charge is -2.35. The van der Waals surface area contributed by atoms with Gasteiger partial charge in [0.05, 0.1) is 16.9 Å². The van der Waals surface area contributed by atoms with Crippen molar-refractivity contribution in [2.75, 3.05) is 33.3 Å². The highest BCUT2D eigenvalue weighted by molar-refractivity contribution is 7.89. The summed E-state index contributed by atoms with van der Waals surface area (Å²) < 4.78 is 37.9. The molecule has 0 bridgehead atoms. The van der Waals surface area contributed by atoms with Crippen molar-refractivity contribution >= 4 is 33.2 Å². The molecule has 1 fully saturated rings. The maximum Gasteiger partial charge on any atom is 0.312 e. The summed E-state index contributed by atoms with van der Waals surface area (Å²) in [5, 5.41) is 11.8. The van der Waals surface area contributed by atoms with Crippen molar-refractivity contribution in [3.63, 3.8) is 0 Å². The SMILES string of the molecule is COc1ccc(S(=O)(=O)N2CCN(C(=O)C3Cc4cc(Cl)ccc4O3)CC2)cc1[N+](=O)[O-]. The molecule has 0 N–H and O–H groups in total. The lowest BCUT2D eigenvalue weighted by Crippen LogP contribution is -2.53. The number of hydrogen-bond acceptors (Lipinski definition) is 7. The Labute approximate surface area is 189 Å². The maximum absolute atomic E-state index is 13.0. The van der Waals surface area contributed by atoms with E-state index in [-0.39, 0.29) is 42.7 Å². The van der Waals surface area contributed by atoms with E-state index in [4.69, 9.17) is 21.1 Å².